The first-order chi connectivity index (χ1) is 13.0. The molecule has 0 radical (unpaired) electrons. The molecule has 1 atom stereocenters. The second-order valence-electron chi connectivity index (χ2n) is 6.54. The molecule has 0 spiro atoms. The van der Waals surface area contributed by atoms with Crippen molar-refractivity contribution in [3.8, 4) is 0 Å². The molecule has 9 heteroatoms. The van der Waals surface area contributed by atoms with E-state index in [1.807, 2.05) is 0 Å². The van der Waals surface area contributed by atoms with E-state index in [-0.39, 0.29) is 11.8 Å². The summed E-state index contributed by atoms with van der Waals surface area (Å²) in [5.74, 6) is 6.39. The topological polar surface area (TPSA) is 113 Å². The fraction of sp³-hybridized carbons (Fsp3) is 0.833. The summed E-state index contributed by atoms with van der Waals surface area (Å²) in [4.78, 5) is 35.5. The minimum absolute atomic E-state index is 0.0555. The smallest absolute Gasteiger partial charge is 0.256 e. The van der Waals surface area contributed by atoms with Crippen molar-refractivity contribution in [2.24, 2.45) is 5.84 Å². The third kappa shape index (κ3) is 15.8. The molecule has 0 heterocycles. The van der Waals surface area contributed by atoms with Crippen molar-refractivity contribution in [1.29, 1.82) is 0 Å². The highest BCUT2D eigenvalue weighted by Crippen LogP contribution is 2.05. The summed E-state index contributed by atoms with van der Waals surface area (Å²) < 4.78 is 0. The van der Waals surface area contributed by atoms with Gasteiger partial charge in [-0.1, -0.05) is 12.8 Å². The Morgan fingerprint density at radius 3 is 1.93 bits per heavy atom. The summed E-state index contributed by atoms with van der Waals surface area (Å²) in [7, 11) is 0. The molecule has 0 aromatic rings. The average molecular weight is 421 g/mol. The maximum Gasteiger partial charge on any atom is 0.256 e. The van der Waals surface area contributed by atoms with E-state index in [9.17, 15) is 14.4 Å². The molecule has 0 aliphatic rings. The van der Waals surface area contributed by atoms with Gasteiger partial charge in [0, 0.05) is 19.4 Å². The SMILES string of the molecule is NNC(=O)C(CCCCNC(=O)CCCCCS)NC(=O)CCCCCS. The number of carbonyl (C=O) groups excluding carboxylic acids is 3. The van der Waals surface area contributed by atoms with E-state index in [1.54, 1.807) is 0 Å². The molecule has 5 N–H and O–H groups in total. The highest BCUT2D eigenvalue weighted by molar-refractivity contribution is 7.80. The zero-order chi connectivity index (χ0) is 20.3. The lowest BCUT2D eigenvalue weighted by molar-refractivity contribution is -0.129. The molecule has 7 nitrogen and oxygen atoms in total. The Morgan fingerprint density at radius 2 is 1.37 bits per heavy atom. The first kappa shape index (κ1) is 26.1. The Balaban J connectivity index is 3.95. The highest BCUT2D eigenvalue weighted by atomic mass is 32.1. The number of unbranched alkanes of at least 4 members (excludes halogenated alkanes) is 5. The fourth-order valence-corrected chi connectivity index (χ4v) is 3.02. The maximum atomic E-state index is 11.9. The van der Waals surface area contributed by atoms with E-state index >= 15 is 0 Å². The molecule has 27 heavy (non-hydrogen) atoms. The van der Waals surface area contributed by atoms with Crippen molar-refractivity contribution in [3.63, 3.8) is 0 Å². The van der Waals surface area contributed by atoms with Gasteiger partial charge in [-0.05, 0) is 56.5 Å². The Labute approximate surface area is 174 Å². The van der Waals surface area contributed by atoms with Crippen LogP contribution >= 0.6 is 25.3 Å². The summed E-state index contributed by atoms with van der Waals surface area (Å²) in [6.07, 6.45) is 8.50. The molecular weight excluding hydrogens is 384 g/mol. The van der Waals surface area contributed by atoms with Crippen LogP contribution in [0.25, 0.3) is 0 Å². The Hall–Kier alpha value is -0.930. The van der Waals surface area contributed by atoms with Gasteiger partial charge in [0.15, 0.2) is 0 Å². The normalized spacial score (nSPS) is 11.7. The standard InChI is InChI=1S/C18H36N4O3S2/c19-22-18(25)15(21-17(24)11-4-2-8-14-27)9-5-6-12-20-16(23)10-3-1-7-13-26/h15,26-27H,1-14,19H2,(H,20,23)(H,21,24)(H,22,25). The van der Waals surface area contributed by atoms with Crippen LogP contribution in [-0.2, 0) is 14.4 Å². The fourth-order valence-electron chi connectivity index (χ4n) is 2.57. The van der Waals surface area contributed by atoms with Crippen LogP contribution in [0.15, 0.2) is 0 Å². The van der Waals surface area contributed by atoms with Gasteiger partial charge in [-0.3, -0.25) is 19.8 Å². The van der Waals surface area contributed by atoms with E-state index in [4.69, 9.17) is 5.84 Å². The third-order valence-electron chi connectivity index (χ3n) is 4.16. The monoisotopic (exact) mass is 420 g/mol. The summed E-state index contributed by atoms with van der Waals surface area (Å²) in [5.41, 5.74) is 2.10. The van der Waals surface area contributed by atoms with Crippen molar-refractivity contribution < 1.29 is 14.4 Å². The molecule has 158 valence electrons. The first-order valence-electron chi connectivity index (χ1n) is 9.83. The second-order valence-corrected chi connectivity index (χ2v) is 7.44. The minimum atomic E-state index is -0.635. The quantitative estimate of drug-likeness (QED) is 0.0707. The number of carbonyl (C=O) groups is 3. The van der Waals surface area contributed by atoms with E-state index in [0.717, 1.165) is 56.5 Å². The van der Waals surface area contributed by atoms with Crippen LogP contribution in [0.1, 0.15) is 70.6 Å². The molecule has 0 fully saturated rings. The highest BCUT2D eigenvalue weighted by Gasteiger charge is 2.19. The van der Waals surface area contributed by atoms with Gasteiger partial charge in [0.2, 0.25) is 11.8 Å². The molecule has 3 amide bonds. The summed E-state index contributed by atoms with van der Waals surface area (Å²) >= 11 is 8.28. The summed E-state index contributed by atoms with van der Waals surface area (Å²) in [5, 5.41) is 5.62. The lowest BCUT2D eigenvalue weighted by atomic mass is 10.1. The van der Waals surface area contributed by atoms with Crippen LogP contribution < -0.4 is 21.9 Å². The second kappa shape index (κ2) is 18.4. The molecule has 1 unspecified atom stereocenters. The van der Waals surface area contributed by atoms with Gasteiger partial charge >= 0.3 is 0 Å². The van der Waals surface area contributed by atoms with Crippen LogP contribution in [0.4, 0.5) is 0 Å². The predicted octanol–water partition coefficient (Wildman–Crippen LogP) is 1.73. The average Bonchev–Trinajstić information content (AvgIpc) is 2.66. The van der Waals surface area contributed by atoms with Crippen molar-refractivity contribution in [2.75, 3.05) is 18.1 Å². The van der Waals surface area contributed by atoms with Gasteiger partial charge in [0.1, 0.15) is 6.04 Å². The number of hydrogen-bond acceptors (Lipinski definition) is 6. The van der Waals surface area contributed by atoms with E-state index in [1.165, 1.54) is 0 Å². The van der Waals surface area contributed by atoms with Gasteiger partial charge in [0.25, 0.3) is 5.91 Å². The zero-order valence-corrected chi connectivity index (χ0v) is 18.0. The van der Waals surface area contributed by atoms with E-state index in [2.05, 4.69) is 41.3 Å². The molecule has 0 bridgehead atoms. The lowest BCUT2D eigenvalue weighted by Gasteiger charge is -2.17. The first-order valence-corrected chi connectivity index (χ1v) is 11.1. The predicted molar refractivity (Wildman–Crippen MR) is 116 cm³/mol. The molecule has 0 aromatic heterocycles. The van der Waals surface area contributed by atoms with Gasteiger partial charge < -0.3 is 10.6 Å². The number of rotatable bonds is 17. The molecule has 0 saturated heterocycles. The number of hydrogen-bond donors (Lipinski definition) is 6. The van der Waals surface area contributed by atoms with Crippen LogP contribution in [0.2, 0.25) is 0 Å². The van der Waals surface area contributed by atoms with Gasteiger partial charge in [-0.2, -0.15) is 25.3 Å². The number of hydrazine groups is 1. The molecule has 0 aliphatic heterocycles. The van der Waals surface area contributed by atoms with Crippen LogP contribution in [0.5, 0.6) is 0 Å². The molecule has 0 rings (SSSR count). The van der Waals surface area contributed by atoms with Crippen LogP contribution in [0, 0.1) is 0 Å². The zero-order valence-electron chi connectivity index (χ0n) is 16.2. The number of thiol groups is 2. The number of nitrogens with two attached hydrogens (primary N) is 1. The Kier molecular flexibility index (Phi) is 17.8. The Morgan fingerprint density at radius 1 is 0.778 bits per heavy atom. The third-order valence-corrected chi connectivity index (χ3v) is 4.79. The van der Waals surface area contributed by atoms with Crippen LogP contribution in [0.3, 0.4) is 0 Å². The van der Waals surface area contributed by atoms with Gasteiger partial charge in [-0.15, -0.1) is 0 Å². The molecule has 0 aromatic carbocycles. The summed E-state index contributed by atoms with van der Waals surface area (Å²) in [6, 6.07) is -0.635. The van der Waals surface area contributed by atoms with Crippen LogP contribution in [-0.4, -0.2) is 41.8 Å². The summed E-state index contributed by atoms with van der Waals surface area (Å²) in [6.45, 7) is 0.569. The van der Waals surface area contributed by atoms with Crippen molar-refractivity contribution in [2.45, 2.75) is 76.7 Å². The maximum absolute atomic E-state index is 11.9. The van der Waals surface area contributed by atoms with Gasteiger partial charge in [0.05, 0.1) is 0 Å². The molecule has 0 aliphatic carbocycles. The Bertz CT molecular complexity index is 425. The number of nitrogens with one attached hydrogen (secondary N) is 3. The minimum Gasteiger partial charge on any atom is -0.356 e. The largest absolute Gasteiger partial charge is 0.356 e. The van der Waals surface area contributed by atoms with E-state index < -0.39 is 11.9 Å². The number of amides is 3. The van der Waals surface area contributed by atoms with Crippen molar-refractivity contribution in [1.82, 2.24) is 16.1 Å². The van der Waals surface area contributed by atoms with Crippen molar-refractivity contribution in [3.05, 3.63) is 0 Å². The lowest BCUT2D eigenvalue weighted by Crippen LogP contribution is -2.48. The van der Waals surface area contributed by atoms with E-state index in [0.29, 0.717) is 32.2 Å². The van der Waals surface area contributed by atoms with Crippen molar-refractivity contribution >= 4 is 43.0 Å². The molecule has 0 saturated carbocycles. The van der Waals surface area contributed by atoms with Gasteiger partial charge in [-0.25, -0.2) is 5.84 Å². The molecular formula is C18H36N4O3S2.